The van der Waals surface area contributed by atoms with E-state index in [9.17, 15) is 4.79 Å². The first-order valence-corrected chi connectivity index (χ1v) is 3.59. The molecule has 0 aliphatic rings. The zero-order chi connectivity index (χ0) is 7.98. The van der Waals surface area contributed by atoms with E-state index in [1.165, 1.54) is 0 Å². The van der Waals surface area contributed by atoms with Crippen LogP contribution in [0.1, 0.15) is 32.6 Å². The fraction of sp³-hybridized carbons (Fsp3) is 0.857. The molecule has 1 unspecified atom stereocenters. The van der Waals surface area contributed by atoms with Crippen LogP contribution < -0.4 is 5.73 Å². The first-order valence-electron chi connectivity index (χ1n) is 3.59. The average molecular weight is 145 g/mol. The second kappa shape index (κ2) is 5.23. The molecule has 0 aliphatic carbocycles. The van der Waals surface area contributed by atoms with Crippen molar-refractivity contribution in [3.63, 3.8) is 0 Å². The molecule has 0 aliphatic heterocycles. The van der Waals surface area contributed by atoms with Gasteiger partial charge in [-0.15, -0.1) is 0 Å². The van der Waals surface area contributed by atoms with Crippen LogP contribution in [0.3, 0.4) is 0 Å². The first kappa shape index (κ1) is 9.43. The lowest BCUT2D eigenvalue weighted by Gasteiger charge is -2.01. The predicted molar refractivity (Wildman–Crippen MR) is 39.3 cm³/mol. The molecule has 0 heterocycles. The molecule has 0 spiro atoms. The third-order valence-electron chi connectivity index (χ3n) is 1.30. The molecule has 3 nitrogen and oxygen atoms in total. The highest BCUT2D eigenvalue weighted by Gasteiger charge is 1.97. The summed E-state index contributed by atoms with van der Waals surface area (Å²) >= 11 is 0. The maximum atomic E-state index is 10.2. The Balaban J connectivity index is 2.98. The molecule has 3 N–H and O–H groups in total. The molecule has 60 valence electrons. The minimum Gasteiger partial charge on any atom is -0.393 e. The molecular weight excluding hydrogens is 130 g/mol. The fourth-order valence-electron chi connectivity index (χ4n) is 0.739. The van der Waals surface area contributed by atoms with Gasteiger partial charge in [0.1, 0.15) is 0 Å². The molecule has 0 fully saturated rings. The van der Waals surface area contributed by atoms with Gasteiger partial charge in [-0.1, -0.05) is 6.42 Å². The zero-order valence-electron chi connectivity index (χ0n) is 6.34. The minimum absolute atomic E-state index is 0.257. The number of carbonyl (C=O) groups is 1. The number of primary amides is 1. The van der Waals surface area contributed by atoms with E-state index in [0.29, 0.717) is 6.42 Å². The summed E-state index contributed by atoms with van der Waals surface area (Å²) in [6, 6.07) is 0. The van der Waals surface area contributed by atoms with Gasteiger partial charge in [0.05, 0.1) is 6.10 Å². The van der Waals surface area contributed by atoms with Gasteiger partial charge in [0.2, 0.25) is 5.91 Å². The molecule has 0 aromatic carbocycles. The van der Waals surface area contributed by atoms with Crippen LogP contribution in [0.2, 0.25) is 0 Å². The van der Waals surface area contributed by atoms with Gasteiger partial charge >= 0.3 is 0 Å². The predicted octanol–water partition coefficient (Wildman–Crippen LogP) is 0.413. The number of amides is 1. The molecule has 10 heavy (non-hydrogen) atoms. The van der Waals surface area contributed by atoms with E-state index in [1.54, 1.807) is 6.92 Å². The summed E-state index contributed by atoms with van der Waals surface area (Å²) in [6.07, 6.45) is 2.61. The summed E-state index contributed by atoms with van der Waals surface area (Å²) in [5, 5.41) is 8.80. The number of aliphatic hydroxyl groups is 1. The Morgan fingerprint density at radius 2 is 2.20 bits per heavy atom. The summed E-state index contributed by atoms with van der Waals surface area (Å²) in [7, 11) is 0. The second-order valence-corrected chi connectivity index (χ2v) is 2.56. The lowest BCUT2D eigenvalue weighted by atomic mass is 10.1. The van der Waals surface area contributed by atoms with E-state index in [2.05, 4.69) is 0 Å². The van der Waals surface area contributed by atoms with Crippen LogP contribution in [0.5, 0.6) is 0 Å². The largest absolute Gasteiger partial charge is 0.393 e. The van der Waals surface area contributed by atoms with E-state index in [0.717, 1.165) is 19.3 Å². The molecule has 0 bridgehead atoms. The van der Waals surface area contributed by atoms with Crippen molar-refractivity contribution >= 4 is 5.91 Å². The van der Waals surface area contributed by atoms with E-state index in [1.807, 2.05) is 0 Å². The molecule has 0 rings (SSSR count). The molecule has 0 saturated carbocycles. The van der Waals surface area contributed by atoms with Crippen LogP contribution >= 0.6 is 0 Å². The van der Waals surface area contributed by atoms with E-state index < -0.39 is 0 Å². The monoisotopic (exact) mass is 145 g/mol. The summed E-state index contributed by atoms with van der Waals surface area (Å²) in [5.74, 6) is -0.259. The van der Waals surface area contributed by atoms with Gasteiger partial charge in [-0.05, 0) is 19.8 Å². The van der Waals surface area contributed by atoms with Crippen LogP contribution in [0.25, 0.3) is 0 Å². The zero-order valence-corrected chi connectivity index (χ0v) is 6.34. The molecule has 1 atom stereocenters. The Morgan fingerprint density at radius 1 is 1.60 bits per heavy atom. The van der Waals surface area contributed by atoms with Gasteiger partial charge in [-0.3, -0.25) is 4.79 Å². The smallest absolute Gasteiger partial charge is 0.217 e. The molecule has 1 amide bonds. The third kappa shape index (κ3) is 7.43. The number of hydrogen-bond acceptors (Lipinski definition) is 2. The van der Waals surface area contributed by atoms with Gasteiger partial charge < -0.3 is 10.8 Å². The van der Waals surface area contributed by atoms with Gasteiger partial charge in [0, 0.05) is 6.42 Å². The Labute approximate surface area is 61.2 Å². The number of aliphatic hydroxyl groups excluding tert-OH is 1. The number of nitrogens with two attached hydrogens (primary N) is 1. The van der Waals surface area contributed by atoms with Crippen LogP contribution in [-0.4, -0.2) is 17.1 Å². The normalized spacial score (nSPS) is 13.0. The van der Waals surface area contributed by atoms with E-state index >= 15 is 0 Å². The number of carbonyl (C=O) groups excluding carboxylic acids is 1. The van der Waals surface area contributed by atoms with Crippen molar-refractivity contribution in [2.75, 3.05) is 0 Å². The molecular formula is C7H15NO2. The highest BCUT2D eigenvalue weighted by molar-refractivity contribution is 5.73. The maximum absolute atomic E-state index is 10.2. The van der Waals surface area contributed by atoms with Crippen molar-refractivity contribution in [2.24, 2.45) is 5.73 Å². The molecule has 3 heteroatoms. The number of hydrogen-bond donors (Lipinski definition) is 2. The van der Waals surface area contributed by atoms with Crippen molar-refractivity contribution < 1.29 is 9.90 Å². The molecule has 0 radical (unpaired) electrons. The Bertz CT molecular complexity index is 102. The van der Waals surface area contributed by atoms with Crippen molar-refractivity contribution in [1.82, 2.24) is 0 Å². The Hall–Kier alpha value is -0.570. The number of unbranched alkanes of at least 4 members (excludes halogenated alkanes) is 1. The summed E-state index contributed by atoms with van der Waals surface area (Å²) in [5.41, 5.74) is 4.91. The molecule has 0 aromatic rings. The van der Waals surface area contributed by atoms with Gasteiger partial charge in [-0.2, -0.15) is 0 Å². The SMILES string of the molecule is CC(O)CCCCC(N)=O. The lowest BCUT2D eigenvalue weighted by molar-refractivity contribution is -0.118. The fourth-order valence-corrected chi connectivity index (χ4v) is 0.739. The van der Waals surface area contributed by atoms with Crippen LogP contribution in [0.4, 0.5) is 0 Å². The van der Waals surface area contributed by atoms with Gasteiger partial charge in [-0.25, -0.2) is 0 Å². The molecule has 0 saturated heterocycles. The van der Waals surface area contributed by atoms with Crippen molar-refractivity contribution in [1.29, 1.82) is 0 Å². The van der Waals surface area contributed by atoms with Crippen LogP contribution in [-0.2, 0) is 4.79 Å². The Morgan fingerprint density at radius 3 is 2.60 bits per heavy atom. The number of rotatable bonds is 5. The first-order chi connectivity index (χ1) is 4.63. The summed E-state index contributed by atoms with van der Waals surface area (Å²) < 4.78 is 0. The maximum Gasteiger partial charge on any atom is 0.217 e. The van der Waals surface area contributed by atoms with Crippen molar-refractivity contribution in [2.45, 2.75) is 38.7 Å². The lowest BCUT2D eigenvalue weighted by Crippen LogP contribution is -2.10. The summed E-state index contributed by atoms with van der Waals surface area (Å²) in [6.45, 7) is 1.74. The van der Waals surface area contributed by atoms with Crippen LogP contribution in [0, 0.1) is 0 Å². The van der Waals surface area contributed by atoms with Gasteiger partial charge in [0.15, 0.2) is 0 Å². The minimum atomic E-state index is -0.259. The van der Waals surface area contributed by atoms with Gasteiger partial charge in [0.25, 0.3) is 0 Å². The topological polar surface area (TPSA) is 63.3 Å². The summed E-state index contributed by atoms with van der Waals surface area (Å²) in [4.78, 5) is 10.2. The van der Waals surface area contributed by atoms with Crippen molar-refractivity contribution in [3.05, 3.63) is 0 Å². The third-order valence-corrected chi connectivity index (χ3v) is 1.30. The standard InChI is InChI=1S/C7H15NO2/c1-6(9)4-2-3-5-7(8)10/h6,9H,2-5H2,1H3,(H2,8,10). The average Bonchev–Trinajstić information content (AvgIpc) is 1.79. The van der Waals surface area contributed by atoms with E-state index in [4.69, 9.17) is 10.8 Å². The Kier molecular flexibility index (Phi) is 4.94. The second-order valence-electron chi connectivity index (χ2n) is 2.56. The highest BCUT2D eigenvalue weighted by atomic mass is 16.3. The quantitative estimate of drug-likeness (QED) is 0.550. The van der Waals surface area contributed by atoms with E-state index in [-0.39, 0.29) is 12.0 Å². The van der Waals surface area contributed by atoms with Crippen molar-refractivity contribution in [3.8, 4) is 0 Å². The molecule has 0 aromatic heterocycles. The van der Waals surface area contributed by atoms with Crippen LogP contribution in [0.15, 0.2) is 0 Å². The highest BCUT2D eigenvalue weighted by Crippen LogP contribution is 2.01.